The lowest BCUT2D eigenvalue weighted by atomic mass is 9.95. The zero-order chi connectivity index (χ0) is 26.8. The number of methoxy groups -OCH3 is 1. The molecule has 2 N–H and O–H groups in total. The van der Waals surface area contributed by atoms with Gasteiger partial charge < -0.3 is 15.2 Å². The molecule has 1 atom stereocenters. The van der Waals surface area contributed by atoms with Crippen molar-refractivity contribution in [2.45, 2.75) is 13.0 Å². The summed E-state index contributed by atoms with van der Waals surface area (Å²) in [7, 11) is 1.56. The molecule has 0 saturated heterocycles. The number of benzene rings is 3. The van der Waals surface area contributed by atoms with Crippen molar-refractivity contribution in [3.8, 4) is 5.75 Å². The third-order valence-corrected chi connectivity index (χ3v) is 7.15. The molecule has 9 heteroatoms. The number of fused-ring (bicyclic) bond motifs is 1. The monoisotopic (exact) mass is 525 g/mol. The number of ether oxygens (including phenoxy) is 1. The highest BCUT2D eigenvalue weighted by Gasteiger charge is 2.32. The lowest BCUT2D eigenvalue weighted by molar-refractivity contribution is -0.113. The summed E-state index contributed by atoms with van der Waals surface area (Å²) in [6.07, 6.45) is 1.70. The lowest BCUT2D eigenvalue weighted by Gasteiger charge is -2.25. The van der Waals surface area contributed by atoms with Crippen LogP contribution in [0.4, 0.5) is 5.69 Å². The molecule has 8 nitrogen and oxygen atoms in total. The van der Waals surface area contributed by atoms with Gasteiger partial charge in [0, 0.05) is 5.69 Å². The molecular weight excluding hydrogens is 502 g/mol. The van der Waals surface area contributed by atoms with Crippen molar-refractivity contribution in [3.63, 3.8) is 0 Å². The molecule has 4 aromatic rings. The van der Waals surface area contributed by atoms with Gasteiger partial charge in [-0.2, -0.15) is 0 Å². The van der Waals surface area contributed by atoms with E-state index in [2.05, 4.69) is 10.3 Å². The number of carbonyl (C=O) groups excluding carboxylic acids is 1. The molecule has 0 fully saturated rings. The Kier molecular flexibility index (Phi) is 6.76. The number of aromatic nitrogens is 1. The number of carboxylic acids is 1. The molecule has 1 aliphatic heterocycles. The molecule has 3 aromatic carbocycles. The number of nitrogens with one attached hydrogen (secondary N) is 1. The quantitative estimate of drug-likeness (QED) is 0.400. The fourth-order valence-electron chi connectivity index (χ4n) is 4.33. The van der Waals surface area contributed by atoms with Gasteiger partial charge in [-0.05, 0) is 60.5 Å². The summed E-state index contributed by atoms with van der Waals surface area (Å²) in [5.74, 6) is -0.782. The van der Waals surface area contributed by atoms with Crippen LogP contribution in [0.15, 0.2) is 99.9 Å². The summed E-state index contributed by atoms with van der Waals surface area (Å²) in [5, 5.41) is 12.1. The highest BCUT2D eigenvalue weighted by molar-refractivity contribution is 7.07. The van der Waals surface area contributed by atoms with Gasteiger partial charge in [0.2, 0.25) is 0 Å². The van der Waals surface area contributed by atoms with Crippen molar-refractivity contribution in [1.82, 2.24) is 4.57 Å². The van der Waals surface area contributed by atoms with E-state index in [0.29, 0.717) is 43.2 Å². The molecule has 1 amide bonds. The van der Waals surface area contributed by atoms with E-state index in [1.165, 1.54) is 28.0 Å². The van der Waals surface area contributed by atoms with E-state index >= 15 is 0 Å². The second kappa shape index (κ2) is 10.3. The van der Waals surface area contributed by atoms with Crippen LogP contribution >= 0.6 is 11.3 Å². The van der Waals surface area contributed by atoms with Gasteiger partial charge in [0.05, 0.1) is 34.5 Å². The van der Waals surface area contributed by atoms with E-state index < -0.39 is 12.0 Å². The van der Waals surface area contributed by atoms with Gasteiger partial charge in [-0.25, -0.2) is 9.79 Å². The number of thiazole rings is 1. The molecule has 190 valence electrons. The number of hydrogen-bond acceptors (Lipinski definition) is 6. The number of hydrogen-bond donors (Lipinski definition) is 2. The van der Waals surface area contributed by atoms with Crippen molar-refractivity contribution in [2.75, 3.05) is 12.4 Å². The molecule has 1 aliphatic rings. The minimum absolute atomic E-state index is 0.159. The van der Waals surface area contributed by atoms with E-state index in [-0.39, 0.29) is 17.0 Å². The van der Waals surface area contributed by atoms with E-state index in [9.17, 15) is 14.4 Å². The Morgan fingerprint density at radius 1 is 1.05 bits per heavy atom. The van der Waals surface area contributed by atoms with Gasteiger partial charge in [-0.15, -0.1) is 0 Å². The molecule has 38 heavy (non-hydrogen) atoms. The SMILES string of the molecule is COc1cccc([C@@H]2C(C(=O)Nc3ccccc3)=C(C)N=c3s/c(=C\c4ccc(C(=O)O)cc4)c(=O)n32)c1. The van der Waals surface area contributed by atoms with Crippen molar-refractivity contribution < 1.29 is 19.4 Å². The number of para-hydroxylation sites is 1. The number of carboxylic acid groups (broad SMARTS) is 1. The molecule has 0 bridgehead atoms. The summed E-state index contributed by atoms with van der Waals surface area (Å²) in [6, 6.07) is 21.9. The largest absolute Gasteiger partial charge is 0.497 e. The maximum atomic E-state index is 13.8. The number of carbonyl (C=O) groups is 2. The first-order valence-electron chi connectivity index (χ1n) is 11.7. The molecule has 5 rings (SSSR count). The van der Waals surface area contributed by atoms with Crippen LogP contribution in [0.3, 0.4) is 0 Å². The number of nitrogens with zero attached hydrogens (tertiary/aromatic N) is 2. The first-order valence-corrected chi connectivity index (χ1v) is 12.5. The van der Waals surface area contributed by atoms with Crippen LogP contribution in [-0.2, 0) is 4.79 Å². The summed E-state index contributed by atoms with van der Waals surface area (Å²) >= 11 is 1.21. The minimum Gasteiger partial charge on any atom is -0.497 e. The first-order chi connectivity index (χ1) is 18.4. The predicted molar refractivity (Wildman–Crippen MR) is 145 cm³/mol. The molecule has 0 radical (unpaired) electrons. The van der Waals surface area contributed by atoms with Gasteiger partial charge in [0.15, 0.2) is 4.80 Å². The van der Waals surface area contributed by atoms with Crippen LogP contribution in [0.5, 0.6) is 5.75 Å². The Bertz CT molecular complexity index is 1750. The second-order valence-corrected chi connectivity index (χ2v) is 9.61. The van der Waals surface area contributed by atoms with Crippen molar-refractivity contribution in [3.05, 3.63) is 127 Å². The van der Waals surface area contributed by atoms with Crippen molar-refractivity contribution in [2.24, 2.45) is 4.99 Å². The van der Waals surface area contributed by atoms with Gasteiger partial charge in [0.25, 0.3) is 11.5 Å². The predicted octanol–water partition coefficient (Wildman–Crippen LogP) is 3.58. The number of allylic oxidation sites excluding steroid dienone is 1. The number of amides is 1. The fraction of sp³-hybridized carbons (Fsp3) is 0.103. The zero-order valence-electron chi connectivity index (χ0n) is 20.5. The maximum absolute atomic E-state index is 13.8. The first kappa shape index (κ1) is 24.9. The molecule has 1 aromatic heterocycles. The Hall–Kier alpha value is -4.76. The van der Waals surface area contributed by atoms with Crippen LogP contribution in [0.1, 0.15) is 34.5 Å². The number of aromatic carboxylic acids is 1. The van der Waals surface area contributed by atoms with E-state index in [4.69, 9.17) is 9.84 Å². The zero-order valence-corrected chi connectivity index (χ0v) is 21.4. The average Bonchev–Trinajstić information content (AvgIpc) is 3.22. The smallest absolute Gasteiger partial charge is 0.335 e. The standard InChI is InChI=1S/C29H23N3O5S/c1-17-24(26(33)31-21-8-4-3-5-9-21)25(20-7-6-10-22(16-20)37-2)32-27(34)23(38-29(32)30-17)15-18-11-13-19(14-12-18)28(35)36/h3-16,25H,1-2H3,(H,31,33)(H,35,36)/b23-15-/t25-/m1/s1. The van der Waals surface area contributed by atoms with E-state index in [0.717, 1.165) is 0 Å². The number of rotatable bonds is 6. The Labute approximate surface area is 221 Å². The number of anilines is 1. The normalized spacial score (nSPS) is 15.0. The molecule has 0 unspecified atom stereocenters. The summed E-state index contributed by atoms with van der Waals surface area (Å²) < 4.78 is 7.37. The average molecular weight is 526 g/mol. The summed E-state index contributed by atoms with van der Waals surface area (Å²) in [6.45, 7) is 1.76. The third-order valence-electron chi connectivity index (χ3n) is 6.16. The van der Waals surface area contributed by atoms with Crippen molar-refractivity contribution >= 4 is 35.0 Å². The topological polar surface area (TPSA) is 110 Å². The van der Waals surface area contributed by atoms with E-state index in [1.807, 2.05) is 30.3 Å². The Morgan fingerprint density at radius 2 is 1.79 bits per heavy atom. The highest BCUT2D eigenvalue weighted by atomic mass is 32.1. The van der Waals surface area contributed by atoms with Gasteiger partial charge >= 0.3 is 5.97 Å². The van der Waals surface area contributed by atoms with Crippen molar-refractivity contribution in [1.29, 1.82) is 0 Å². The molecular formula is C29H23N3O5S. The van der Waals surface area contributed by atoms with Crippen LogP contribution in [0, 0.1) is 0 Å². The Balaban J connectivity index is 1.66. The van der Waals surface area contributed by atoms with Crippen LogP contribution in [0.2, 0.25) is 0 Å². The summed E-state index contributed by atoms with van der Waals surface area (Å²) in [4.78, 5) is 43.6. The van der Waals surface area contributed by atoms with Crippen LogP contribution in [-0.4, -0.2) is 28.7 Å². The maximum Gasteiger partial charge on any atom is 0.335 e. The van der Waals surface area contributed by atoms with Gasteiger partial charge in [0.1, 0.15) is 5.75 Å². The minimum atomic E-state index is -1.02. The highest BCUT2D eigenvalue weighted by Crippen LogP contribution is 2.32. The molecule has 0 spiro atoms. The molecule has 0 aliphatic carbocycles. The molecule has 2 heterocycles. The van der Waals surface area contributed by atoms with Gasteiger partial charge in [-0.3, -0.25) is 14.2 Å². The van der Waals surface area contributed by atoms with Crippen LogP contribution in [0.25, 0.3) is 6.08 Å². The second-order valence-electron chi connectivity index (χ2n) is 8.61. The molecule has 0 saturated carbocycles. The van der Waals surface area contributed by atoms with Crippen LogP contribution < -0.4 is 24.9 Å². The third kappa shape index (κ3) is 4.79. The Morgan fingerprint density at radius 3 is 2.47 bits per heavy atom. The summed E-state index contributed by atoms with van der Waals surface area (Å²) in [5.41, 5.74) is 2.72. The fourth-order valence-corrected chi connectivity index (χ4v) is 5.38. The van der Waals surface area contributed by atoms with Gasteiger partial charge in [-0.1, -0.05) is 53.8 Å². The lowest BCUT2D eigenvalue weighted by Crippen LogP contribution is -2.40. The van der Waals surface area contributed by atoms with E-state index in [1.54, 1.807) is 56.5 Å².